The first-order valence-corrected chi connectivity index (χ1v) is 8.72. The standard InChI is InChI=1S/C19H24N2O6/c1-4-5-10-27-17(22)8-9-21-18(23)14(20-19(21)24)11-13-6-7-15(25-2)16(12-13)26-3/h6-7,11-12H,4-5,8-10H2,1-3H3,(H,20,24)/b14-11+. The van der Waals surface area contributed by atoms with Crippen molar-refractivity contribution in [3.8, 4) is 11.5 Å². The van der Waals surface area contributed by atoms with Crippen LogP contribution in [0.15, 0.2) is 23.9 Å². The van der Waals surface area contributed by atoms with E-state index in [0.29, 0.717) is 23.7 Å². The van der Waals surface area contributed by atoms with Gasteiger partial charge < -0.3 is 19.5 Å². The monoisotopic (exact) mass is 376 g/mol. The molecule has 8 heteroatoms. The molecule has 1 heterocycles. The van der Waals surface area contributed by atoms with Crippen molar-refractivity contribution >= 4 is 24.0 Å². The zero-order valence-corrected chi connectivity index (χ0v) is 15.7. The van der Waals surface area contributed by atoms with Gasteiger partial charge in [-0.1, -0.05) is 19.4 Å². The van der Waals surface area contributed by atoms with Gasteiger partial charge in [0.25, 0.3) is 5.91 Å². The van der Waals surface area contributed by atoms with Crippen molar-refractivity contribution in [2.24, 2.45) is 0 Å². The lowest BCUT2D eigenvalue weighted by Gasteiger charge is -2.11. The first kappa shape index (κ1) is 20.3. The minimum absolute atomic E-state index is 0.0289. The lowest BCUT2D eigenvalue weighted by Crippen LogP contribution is -2.33. The Balaban J connectivity index is 2.02. The van der Waals surface area contributed by atoms with Gasteiger partial charge in [-0.3, -0.25) is 14.5 Å². The third-order valence-electron chi connectivity index (χ3n) is 3.98. The molecule has 0 atom stereocenters. The highest BCUT2D eigenvalue weighted by Gasteiger charge is 2.33. The molecule has 1 N–H and O–H groups in total. The fourth-order valence-corrected chi connectivity index (χ4v) is 2.49. The molecule has 146 valence electrons. The van der Waals surface area contributed by atoms with Crippen LogP contribution in [0.3, 0.4) is 0 Å². The molecule has 1 aliphatic rings. The Morgan fingerprint density at radius 1 is 1.19 bits per heavy atom. The van der Waals surface area contributed by atoms with Gasteiger partial charge in [-0.05, 0) is 30.2 Å². The molecule has 2 rings (SSSR count). The molecule has 3 amide bonds. The second kappa shape index (κ2) is 9.61. The molecule has 1 aromatic rings. The number of rotatable bonds is 9. The molecular formula is C19H24N2O6. The van der Waals surface area contributed by atoms with Crippen LogP contribution in [0, 0.1) is 0 Å². The van der Waals surface area contributed by atoms with E-state index in [-0.39, 0.29) is 18.7 Å². The molecule has 0 saturated carbocycles. The molecule has 27 heavy (non-hydrogen) atoms. The average molecular weight is 376 g/mol. The number of benzene rings is 1. The van der Waals surface area contributed by atoms with Gasteiger partial charge in [-0.15, -0.1) is 0 Å². The minimum Gasteiger partial charge on any atom is -0.493 e. The summed E-state index contributed by atoms with van der Waals surface area (Å²) in [5.41, 5.74) is 0.795. The highest BCUT2D eigenvalue weighted by molar-refractivity contribution is 6.14. The summed E-state index contributed by atoms with van der Waals surface area (Å²) in [5.74, 6) is 0.150. The summed E-state index contributed by atoms with van der Waals surface area (Å²) < 4.78 is 15.4. The number of esters is 1. The number of carbonyl (C=O) groups excluding carboxylic acids is 3. The Morgan fingerprint density at radius 2 is 1.93 bits per heavy atom. The molecule has 0 unspecified atom stereocenters. The highest BCUT2D eigenvalue weighted by atomic mass is 16.5. The second-order valence-corrected chi connectivity index (χ2v) is 5.88. The van der Waals surface area contributed by atoms with Crippen LogP contribution in [0.4, 0.5) is 4.79 Å². The summed E-state index contributed by atoms with van der Waals surface area (Å²) in [7, 11) is 3.04. The molecule has 1 fully saturated rings. The van der Waals surface area contributed by atoms with Gasteiger partial charge >= 0.3 is 12.0 Å². The zero-order chi connectivity index (χ0) is 19.8. The number of ether oxygens (including phenoxy) is 3. The minimum atomic E-state index is -0.562. The van der Waals surface area contributed by atoms with Gasteiger partial charge in [0.05, 0.1) is 27.2 Å². The number of unbranched alkanes of at least 4 members (excludes halogenated alkanes) is 1. The molecule has 0 aromatic heterocycles. The van der Waals surface area contributed by atoms with E-state index in [2.05, 4.69) is 5.32 Å². The highest BCUT2D eigenvalue weighted by Crippen LogP contribution is 2.28. The largest absolute Gasteiger partial charge is 0.493 e. The van der Waals surface area contributed by atoms with Crippen molar-refractivity contribution in [3.63, 3.8) is 0 Å². The summed E-state index contributed by atoms with van der Waals surface area (Å²) >= 11 is 0. The lowest BCUT2D eigenvalue weighted by atomic mass is 10.1. The Labute approximate surface area is 158 Å². The fraction of sp³-hybridized carbons (Fsp3) is 0.421. The number of imide groups is 1. The molecule has 1 saturated heterocycles. The number of amides is 3. The summed E-state index contributed by atoms with van der Waals surface area (Å²) in [6.07, 6.45) is 3.21. The summed E-state index contributed by atoms with van der Waals surface area (Å²) in [4.78, 5) is 37.1. The van der Waals surface area contributed by atoms with Crippen LogP contribution in [-0.2, 0) is 14.3 Å². The van der Waals surface area contributed by atoms with Crippen LogP contribution in [0.25, 0.3) is 6.08 Å². The normalized spacial score (nSPS) is 15.1. The zero-order valence-electron chi connectivity index (χ0n) is 15.7. The maximum atomic E-state index is 12.4. The van der Waals surface area contributed by atoms with Crippen molar-refractivity contribution in [3.05, 3.63) is 29.5 Å². The lowest BCUT2D eigenvalue weighted by molar-refractivity contribution is -0.144. The van der Waals surface area contributed by atoms with Crippen LogP contribution in [0.1, 0.15) is 31.7 Å². The van der Waals surface area contributed by atoms with E-state index in [1.165, 1.54) is 14.2 Å². The molecular weight excluding hydrogens is 352 g/mol. The van der Waals surface area contributed by atoms with E-state index in [4.69, 9.17) is 14.2 Å². The second-order valence-electron chi connectivity index (χ2n) is 5.88. The van der Waals surface area contributed by atoms with Crippen LogP contribution < -0.4 is 14.8 Å². The molecule has 0 spiro atoms. The summed E-state index contributed by atoms with van der Waals surface area (Å²) in [6, 6.07) is 4.57. The molecule has 1 aromatic carbocycles. The van der Waals surface area contributed by atoms with Crippen molar-refractivity contribution < 1.29 is 28.6 Å². The molecule has 0 bridgehead atoms. The quantitative estimate of drug-likeness (QED) is 0.308. The number of hydrogen-bond donors (Lipinski definition) is 1. The number of nitrogens with zero attached hydrogens (tertiary/aromatic N) is 1. The van der Waals surface area contributed by atoms with E-state index in [1.54, 1.807) is 24.3 Å². The Hall–Kier alpha value is -3.03. The van der Waals surface area contributed by atoms with E-state index in [9.17, 15) is 14.4 Å². The molecule has 0 radical (unpaired) electrons. The van der Waals surface area contributed by atoms with Gasteiger partial charge in [-0.2, -0.15) is 0 Å². The van der Waals surface area contributed by atoms with Gasteiger partial charge in [0.15, 0.2) is 11.5 Å². The average Bonchev–Trinajstić information content (AvgIpc) is 2.93. The van der Waals surface area contributed by atoms with Gasteiger partial charge in [0.2, 0.25) is 0 Å². The van der Waals surface area contributed by atoms with E-state index < -0.39 is 17.9 Å². The first-order chi connectivity index (χ1) is 13.0. The van der Waals surface area contributed by atoms with E-state index in [1.807, 2.05) is 6.92 Å². The summed E-state index contributed by atoms with van der Waals surface area (Å²) in [5, 5.41) is 2.52. The topological polar surface area (TPSA) is 94.2 Å². The Morgan fingerprint density at radius 3 is 2.59 bits per heavy atom. The van der Waals surface area contributed by atoms with Gasteiger partial charge in [-0.25, -0.2) is 4.79 Å². The Kier molecular flexibility index (Phi) is 7.22. The van der Waals surface area contributed by atoms with E-state index >= 15 is 0 Å². The third-order valence-corrected chi connectivity index (χ3v) is 3.98. The van der Waals surface area contributed by atoms with Crippen molar-refractivity contribution in [2.75, 3.05) is 27.4 Å². The van der Waals surface area contributed by atoms with Crippen LogP contribution in [0.2, 0.25) is 0 Å². The summed E-state index contributed by atoms with van der Waals surface area (Å²) in [6.45, 7) is 2.31. The predicted molar refractivity (Wildman–Crippen MR) is 98.3 cm³/mol. The number of urea groups is 1. The number of carbonyl (C=O) groups is 3. The SMILES string of the molecule is CCCCOC(=O)CCN1C(=O)N/C(=C/c2ccc(OC)c(OC)c2)C1=O. The predicted octanol–water partition coefficient (Wildman–Crippen LogP) is 2.33. The Bertz CT molecular complexity index is 744. The van der Waals surface area contributed by atoms with Crippen LogP contribution >= 0.6 is 0 Å². The molecule has 0 aliphatic carbocycles. The van der Waals surface area contributed by atoms with Crippen LogP contribution in [-0.4, -0.2) is 50.2 Å². The smallest absolute Gasteiger partial charge is 0.329 e. The maximum absolute atomic E-state index is 12.4. The van der Waals surface area contributed by atoms with Crippen molar-refractivity contribution in [1.29, 1.82) is 0 Å². The van der Waals surface area contributed by atoms with Crippen molar-refractivity contribution in [1.82, 2.24) is 10.2 Å². The number of hydrogen-bond acceptors (Lipinski definition) is 6. The van der Waals surface area contributed by atoms with Gasteiger partial charge in [0, 0.05) is 6.54 Å². The molecule has 1 aliphatic heterocycles. The first-order valence-electron chi connectivity index (χ1n) is 8.72. The number of methoxy groups -OCH3 is 2. The third kappa shape index (κ3) is 5.22. The van der Waals surface area contributed by atoms with Gasteiger partial charge in [0.1, 0.15) is 5.70 Å². The molecule has 8 nitrogen and oxygen atoms in total. The van der Waals surface area contributed by atoms with Crippen LogP contribution in [0.5, 0.6) is 11.5 Å². The maximum Gasteiger partial charge on any atom is 0.329 e. The number of nitrogens with one attached hydrogen (secondary N) is 1. The van der Waals surface area contributed by atoms with E-state index in [0.717, 1.165) is 17.7 Å². The fourth-order valence-electron chi connectivity index (χ4n) is 2.49. The van der Waals surface area contributed by atoms with Crippen molar-refractivity contribution in [2.45, 2.75) is 26.2 Å².